The van der Waals surface area contributed by atoms with Gasteiger partial charge in [0.15, 0.2) is 0 Å². The predicted molar refractivity (Wildman–Crippen MR) is 67.4 cm³/mol. The highest BCUT2D eigenvalue weighted by molar-refractivity contribution is 5.93. The maximum Gasteiger partial charge on any atom is 0.347 e. The van der Waals surface area contributed by atoms with E-state index < -0.39 is 5.97 Å². The molecular weight excluding hydrogens is 230 g/mol. The van der Waals surface area contributed by atoms with Gasteiger partial charge in [-0.25, -0.2) is 4.79 Å². The second kappa shape index (κ2) is 5.33. The van der Waals surface area contributed by atoms with Crippen LogP contribution < -0.4 is 10.5 Å². The molecule has 0 unspecified atom stereocenters. The summed E-state index contributed by atoms with van der Waals surface area (Å²) in [6.45, 7) is 0.438. The molecule has 0 aliphatic rings. The summed E-state index contributed by atoms with van der Waals surface area (Å²) in [6, 6.07) is 13.1. The molecule has 0 spiro atoms. The minimum absolute atomic E-state index is 0.0962. The number of nitrogens with two attached hydrogens (primary N) is 1. The third kappa shape index (κ3) is 2.67. The van der Waals surface area contributed by atoms with Gasteiger partial charge in [0, 0.05) is 6.54 Å². The van der Waals surface area contributed by atoms with E-state index in [0.29, 0.717) is 12.3 Å². The lowest BCUT2D eigenvalue weighted by molar-refractivity contribution is 0.0731. The third-order valence-corrected chi connectivity index (χ3v) is 2.49. The van der Waals surface area contributed by atoms with E-state index in [1.54, 1.807) is 36.4 Å². The minimum Gasteiger partial charge on any atom is -0.507 e. The van der Waals surface area contributed by atoms with Crippen LogP contribution in [0.3, 0.4) is 0 Å². The number of para-hydroxylation sites is 1. The normalized spacial score (nSPS) is 10.1. The van der Waals surface area contributed by atoms with E-state index in [4.69, 9.17) is 10.5 Å². The number of carbonyl (C=O) groups excluding carboxylic acids is 1. The largest absolute Gasteiger partial charge is 0.507 e. The Morgan fingerprint density at radius 2 is 1.78 bits per heavy atom. The van der Waals surface area contributed by atoms with Crippen LogP contribution in [0.5, 0.6) is 11.5 Å². The van der Waals surface area contributed by atoms with Crippen LogP contribution in [0.2, 0.25) is 0 Å². The zero-order chi connectivity index (χ0) is 13.0. The Balaban J connectivity index is 2.14. The molecule has 0 aliphatic heterocycles. The summed E-state index contributed by atoms with van der Waals surface area (Å²) in [7, 11) is 0. The molecule has 0 heterocycles. The van der Waals surface area contributed by atoms with Crippen molar-refractivity contribution in [2.24, 2.45) is 5.73 Å². The number of aromatic hydroxyl groups is 1. The van der Waals surface area contributed by atoms with Gasteiger partial charge in [-0.1, -0.05) is 24.3 Å². The van der Waals surface area contributed by atoms with Crippen molar-refractivity contribution in [2.45, 2.75) is 6.54 Å². The second-order valence-corrected chi connectivity index (χ2v) is 3.75. The molecule has 2 aromatic carbocycles. The molecule has 0 aliphatic carbocycles. The lowest BCUT2D eigenvalue weighted by atomic mass is 10.2. The smallest absolute Gasteiger partial charge is 0.347 e. The number of rotatable bonds is 3. The molecule has 92 valence electrons. The number of benzene rings is 2. The molecule has 4 nitrogen and oxygen atoms in total. The number of esters is 1. The molecule has 4 heteroatoms. The standard InChI is InChI=1S/C14H13NO3/c15-9-10-5-7-11(8-6-10)18-14(17)12-3-1-2-4-13(12)16/h1-8,16H,9,15H2. The van der Waals surface area contributed by atoms with Crippen molar-refractivity contribution < 1.29 is 14.6 Å². The summed E-state index contributed by atoms with van der Waals surface area (Å²) < 4.78 is 5.14. The van der Waals surface area contributed by atoms with Crippen LogP contribution in [0.4, 0.5) is 0 Å². The molecular formula is C14H13NO3. The molecule has 0 saturated heterocycles. The first kappa shape index (κ1) is 12.1. The summed E-state index contributed by atoms with van der Waals surface area (Å²) in [5, 5.41) is 9.52. The molecule has 0 saturated carbocycles. The monoisotopic (exact) mass is 243 g/mol. The third-order valence-electron chi connectivity index (χ3n) is 2.49. The van der Waals surface area contributed by atoms with E-state index in [2.05, 4.69) is 0 Å². The van der Waals surface area contributed by atoms with E-state index >= 15 is 0 Å². The molecule has 0 aromatic heterocycles. The topological polar surface area (TPSA) is 72.5 Å². The van der Waals surface area contributed by atoms with Crippen molar-refractivity contribution in [3.05, 3.63) is 59.7 Å². The predicted octanol–water partition coefficient (Wildman–Crippen LogP) is 2.07. The van der Waals surface area contributed by atoms with E-state index in [1.165, 1.54) is 12.1 Å². The van der Waals surface area contributed by atoms with E-state index in [0.717, 1.165) is 5.56 Å². The lowest BCUT2D eigenvalue weighted by Crippen LogP contribution is -2.08. The van der Waals surface area contributed by atoms with Crippen LogP contribution in [-0.2, 0) is 6.54 Å². The second-order valence-electron chi connectivity index (χ2n) is 3.75. The molecule has 3 N–H and O–H groups in total. The fourth-order valence-corrected chi connectivity index (χ4v) is 1.50. The van der Waals surface area contributed by atoms with Crippen molar-refractivity contribution in [3.63, 3.8) is 0 Å². The van der Waals surface area contributed by atoms with E-state index in [1.807, 2.05) is 0 Å². The van der Waals surface area contributed by atoms with Gasteiger partial charge in [0.1, 0.15) is 17.1 Å². The first-order valence-electron chi connectivity index (χ1n) is 5.50. The number of phenols is 1. The Morgan fingerprint density at radius 1 is 1.11 bits per heavy atom. The summed E-state index contributed by atoms with van der Waals surface area (Å²) in [4.78, 5) is 11.8. The Labute approximate surface area is 105 Å². The van der Waals surface area contributed by atoms with Crippen LogP contribution in [0.1, 0.15) is 15.9 Å². The van der Waals surface area contributed by atoms with Gasteiger partial charge in [-0.05, 0) is 29.8 Å². The lowest BCUT2D eigenvalue weighted by Gasteiger charge is -2.06. The highest BCUT2D eigenvalue weighted by Gasteiger charge is 2.12. The Bertz CT molecular complexity index is 549. The quantitative estimate of drug-likeness (QED) is 0.639. The maximum atomic E-state index is 11.8. The number of ether oxygens (including phenoxy) is 1. The highest BCUT2D eigenvalue weighted by atomic mass is 16.5. The van der Waals surface area contributed by atoms with E-state index in [-0.39, 0.29) is 11.3 Å². The average molecular weight is 243 g/mol. The summed E-state index contributed by atoms with van der Waals surface area (Å²) in [6.07, 6.45) is 0. The molecule has 18 heavy (non-hydrogen) atoms. The zero-order valence-electron chi connectivity index (χ0n) is 9.67. The van der Waals surface area contributed by atoms with Crippen molar-refractivity contribution >= 4 is 5.97 Å². The average Bonchev–Trinajstić information content (AvgIpc) is 2.40. The van der Waals surface area contributed by atoms with Crippen molar-refractivity contribution in [1.82, 2.24) is 0 Å². The first-order chi connectivity index (χ1) is 8.70. The van der Waals surface area contributed by atoms with Gasteiger partial charge in [0.2, 0.25) is 0 Å². The molecule has 0 atom stereocenters. The summed E-state index contributed by atoms with van der Waals surface area (Å²) >= 11 is 0. The fraction of sp³-hybridized carbons (Fsp3) is 0.0714. The van der Waals surface area contributed by atoms with E-state index in [9.17, 15) is 9.90 Å². The van der Waals surface area contributed by atoms with Crippen molar-refractivity contribution in [3.8, 4) is 11.5 Å². The van der Waals surface area contributed by atoms with Gasteiger partial charge in [0.25, 0.3) is 0 Å². The molecule has 2 rings (SSSR count). The molecule has 0 fully saturated rings. The number of hydrogen-bond donors (Lipinski definition) is 2. The van der Waals surface area contributed by atoms with Gasteiger partial charge in [-0.15, -0.1) is 0 Å². The molecule has 2 aromatic rings. The van der Waals surface area contributed by atoms with Crippen molar-refractivity contribution in [1.29, 1.82) is 0 Å². The Hall–Kier alpha value is -2.33. The van der Waals surface area contributed by atoms with Crippen molar-refractivity contribution in [2.75, 3.05) is 0 Å². The number of hydrogen-bond acceptors (Lipinski definition) is 4. The Kier molecular flexibility index (Phi) is 3.60. The number of phenolic OH excluding ortho intramolecular Hbond substituents is 1. The summed E-state index contributed by atoms with van der Waals surface area (Å²) in [5.41, 5.74) is 6.57. The minimum atomic E-state index is -0.589. The van der Waals surface area contributed by atoms with Crippen LogP contribution in [0.15, 0.2) is 48.5 Å². The van der Waals surface area contributed by atoms with Crippen LogP contribution >= 0.6 is 0 Å². The first-order valence-corrected chi connectivity index (χ1v) is 5.50. The van der Waals surface area contributed by atoms with Gasteiger partial charge in [-0.2, -0.15) is 0 Å². The molecule has 0 bridgehead atoms. The Morgan fingerprint density at radius 3 is 2.39 bits per heavy atom. The van der Waals surface area contributed by atoms with Crippen LogP contribution in [0.25, 0.3) is 0 Å². The maximum absolute atomic E-state index is 11.8. The molecule has 0 radical (unpaired) electrons. The molecule has 0 amide bonds. The summed E-state index contributed by atoms with van der Waals surface area (Å²) in [5.74, 6) is -0.268. The number of carbonyl (C=O) groups is 1. The fourth-order valence-electron chi connectivity index (χ4n) is 1.50. The zero-order valence-corrected chi connectivity index (χ0v) is 9.67. The van der Waals surface area contributed by atoms with Crippen LogP contribution in [-0.4, -0.2) is 11.1 Å². The van der Waals surface area contributed by atoms with Gasteiger partial charge in [0.05, 0.1) is 0 Å². The van der Waals surface area contributed by atoms with Gasteiger partial charge in [-0.3, -0.25) is 0 Å². The SMILES string of the molecule is NCc1ccc(OC(=O)c2ccccc2O)cc1. The highest BCUT2D eigenvalue weighted by Crippen LogP contribution is 2.19. The van der Waals surface area contributed by atoms with Gasteiger partial charge >= 0.3 is 5.97 Å². The van der Waals surface area contributed by atoms with Crippen LogP contribution in [0, 0.1) is 0 Å². The van der Waals surface area contributed by atoms with Gasteiger partial charge < -0.3 is 15.6 Å².